The van der Waals surface area contributed by atoms with Crippen LogP contribution in [0.2, 0.25) is 0 Å². The largest absolute Gasteiger partial charge is 0.493 e. The van der Waals surface area contributed by atoms with Crippen molar-refractivity contribution in [2.45, 2.75) is 6.10 Å². The lowest BCUT2D eigenvalue weighted by molar-refractivity contribution is -0.134. The summed E-state index contributed by atoms with van der Waals surface area (Å²) in [6, 6.07) is 10.4. The van der Waals surface area contributed by atoms with Crippen LogP contribution in [0.15, 0.2) is 42.5 Å². The molecule has 3 rings (SSSR count). The predicted molar refractivity (Wildman–Crippen MR) is 108 cm³/mol. The highest BCUT2D eigenvalue weighted by atomic mass is 16.6. The molecule has 9 heteroatoms. The van der Waals surface area contributed by atoms with Gasteiger partial charge < -0.3 is 23.7 Å². The van der Waals surface area contributed by atoms with Crippen LogP contribution in [0, 0.1) is 0 Å². The third-order valence-corrected chi connectivity index (χ3v) is 4.22. The van der Waals surface area contributed by atoms with E-state index < -0.39 is 17.9 Å². The fourth-order valence-electron chi connectivity index (χ4n) is 2.76. The zero-order valence-corrected chi connectivity index (χ0v) is 16.8. The fourth-order valence-corrected chi connectivity index (χ4v) is 2.76. The van der Waals surface area contributed by atoms with E-state index in [2.05, 4.69) is 10.9 Å². The summed E-state index contributed by atoms with van der Waals surface area (Å²) in [7, 11) is 4.51. The van der Waals surface area contributed by atoms with Crippen LogP contribution in [0.5, 0.6) is 28.7 Å². The van der Waals surface area contributed by atoms with Gasteiger partial charge in [0.25, 0.3) is 11.8 Å². The Bertz CT molecular complexity index is 933. The molecule has 0 saturated carbocycles. The van der Waals surface area contributed by atoms with E-state index in [4.69, 9.17) is 23.7 Å². The third kappa shape index (κ3) is 4.75. The fraction of sp³-hybridized carbons (Fsp3) is 0.238. The molecule has 0 saturated heterocycles. The van der Waals surface area contributed by atoms with Crippen LogP contribution in [-0.2, 0) is 9.59 Å². The molecule has 1 atom stereocenters. The number of methoxy groups -OCH3 is 3. The Kier molecular flexibility index (Phi) is 6.63. The molecule has 2 aromatic carbocycles. The van der Waals surface area contributed by atoms with Crippen LogP contribution in [0.4, 0.5) is 0 Å². The summed E-state index contributed by atoms with van der Waals surface area (Å²) in [5, 5.41) is 0. The first-order chi connectivity index (χ1) is 14.5. The smallest absolute Gasteiger partial charge is 0.283 e. The van der Waals surface area contributed by atoms with Gasteiger partial charge >= 0.3 is 0 Å². The molecule has 2 amide bonds. The summed E-state index contributed by atoms with van der Waals surface area (Å²) in [6.07, 6.45) is 1.93. The Labute approximate surface area is 173 Å². The van der Waals surface area contributed by atoms with Gasteiger partial charge in [-0.2, -0.15) is 0 Å². The number of benzene rings is 2. The standard InChI is InChI=1S/C21H22N2O7/c1-26-16-10-13(11-17(27-2)20(16)28-3)8-9-19(24)22-23-21(25)18-12-29-14-6-4-5-7-15(14)30-18/h4-11,18H,12H2,1-3H3,(H,22,24)(H,23,25)/b9-8+/t18-/m1/s1. The van der Waals surface area contributed by atoms with Gasteiger partial charge in [0.1, 0.15) is 6.61 Å². The lowest BCUT2D eigenvalue weighted by Crippen LogP contribution is -2.50. The van der Waals surface area contributed by atoms with E-state index >= 15 is 0 Å². The maximum absolute atomic E-state index is 12.2. The number of carbonyl (C=O) groups excluding carboxylic acids is 2. The van der Waals surface area contributed by atoms with Crippen molar-refractivity contribution in [1.82, 2.24) is 10.9 Å². The van der Waals surface area contributed by atoms with Crippen LogP contribution in [0.25, 0.3) is 6.08 Å². The summed E-state index contributed by atoms with van der Waals surface area (Å²) in [6.45, 7) is 0.0417. The van der Waals surface area contributed by atoms with E-state index in [0.29, 0.717) is 34.3 Å². The number of ether oxygens (including phenoxy) is 5. The second-order valence-electron chi connectivity index (χ2n) is 6.13. The molecule has 2 aromatic rings. The first-order valence-electron chi connectivity index (χ1n) is 9.02. The first-order valence-corrected chi connectivity index (χ1v) is 9.02. The monoisotopic (exact) mass is 414 g/mol. The molecule has 0 aliphatic carbocycles. The van der Waals surface area contributed by atoms with Crippen LogP contribution < -0.4 is 34.5 Å². The van der Waals surface area contributed by atoms with Crippen molar-refractivity contribution in [2.24, 2.45) is 0 Å². The maximum atomic E-state index is 12.2. The van der Waals surface area contributed by atoms with Gasteiger partial charge in [0, 0.05) is 6.08 Å². The number of amides is 2. The van der Waals surface area contributed by atoms with Gasteiger partial charge in [0.15, 0.2) is 23.0 Å². The number of rotatable bonds is 6. The van der Waals surface area contributed by atoms with E-state index in [9.17, 15) is 9.59 Å². The van der Waals surface area contributed by atoms with Crippen molar-refractivity contribution in [3.05, 3.63) is 48.0 Å². The molecule has 0 spiro atoms. The van der Waals surface area contributed by atoms with E-state index in [1.807, 2.05) is 6.07 Å². The van der Waals surface area contributed by atoms with E-state index in [-0.39, 0.29) is 6.61 Å². The van der Waals surface area contributed by atoms with Gasteiger partial charge in [-0.25, -0.2) is 0 Å². The Morgan fingerprint density at radius 3 is 2.30 bits per heavy atom. The van der Waals surface area contributed by atoms with Gasteiger partial charge in [-0.15, -0.1) is 0 Å². The normalized spacial score (nSPS) is 14.7. The zero-order chi connectivity index (χ0) is 21.5. The quantitative estimate of drug-likeness (QED) is 0.548. The van der Waals surface area contributed by atoms with Gasteiger partial charge in [-0.3, -0.25) is 20.4 Å². The lowest BCUT2D eigenvalue weighted by atomic mass is 10.1. The number of carbonyl (C=O) groups is 2. The minimum atomic E-state index is -0.876. The Balaban J connectivity index is 1.57. The highest BCUT2D eigenvalue weighted by Crippen LogP contribution is 2.38. The molecule has 2 N–H and O–H groups in total. The summed E-state index contributed by atoms with van der Waals surface area (Å²) < 4.78 is 26.9. The van der Waals surface area contributed by atoms with Crippen molar-refractivity contribution in [3.63, 3.8) is 0 Å². The van der Waals surface area contributed by atoms with Gasteiger partial charge in [-0.05, 0) is 35.9 Å². The second kappa shape index (κ2) is 9.55. The number of hydrazine groups is 1. The van der Waals surface area contributed by atoms with E-state index in [1.165, 1.54) is 27.4 Å². The average molecular weight is 414 g/mol. The van der Waals surface area contributed by atoms with Crippen molar-refractivity contribution < 1.29 is 33.3 Å². The van der Waals surface area contributed by atoms with Crippen LogP contribution in [0.3, 0.4) is 0 Å². The molecule has 0 radical (unpaired) electrons. The van der Waals surface area contributed by atoms with E-state index in [0.717, 1.165) is 0 Å². The summed E-state index contributed by atoms with van der Waals surface area (Å²) in [5.41, 5.74) is 5.27. The minimum Gasteiger partial charge on any atom is -0.493 e. The van der Waals surface area contributed by atoms with Crippen molar-refractivity contribution in [2.75, 3.05) is 27.9 Å². The molecule has 30 heavy (non-hydrogen) atoms. The molecular weight excluding hydrogens is 392 g/mol. The molecule has 1 aliphatic rings. The summed E-state index contributed by atoms with van der Waals surface area (Å²) in [5.74, 6) is 1.34. The zero-order valence-electron chi connectivity index (χ0n) is 16.8. The molecule has 0 fully saturated rings. The Morgan fingerprint density at radius 1 is 1.00 bits per heavy atom. The number of hydrogen-bond donors (Lipinski definition) is 2. The third-order valence-electron chi connectivity index (χ3n) is 4.22. The van der Waals surface area contributed by atoms with Crippen LogP contribution in [0.1, 0.15) is 5.56 Å². The predicted octanol–water partition coefficient (Wildman–Crippen LogP) is 1.71. The molecular formula is C21H22N2O7. The lowest BCUT2D eigenvalue weighted by Gasteiger charge is -2.25. The number of nitrogens with one attached hydrogen (secondary N) is 2. The molecule has 0 bridgehead atoms. The first kappa shape index (κ1) is 20.8. The topological polar surface area (TPSA) is 104 Å². The molecule has 1 aliphatic heterocycles. The number of fused-ring (bicyclic) bond motifs is 1. The molecule has 9 nitrogen and oxygen atoms in total. The molecule has 1 heterocycles. The van der Waals surface area contributed by atoms with E-state index in [1.54, 1.807) is 36.4 Å². The minimum absolute atomic E-state index is 0.0417. The highest BCUT2D eigenvalue weighted by Gasteiger charge is 2.27. The Hall–Kier alpha value is -3.88. The summed E-state index contributed by atoms with van der Waals surface area (Å²) in [4.78, 5) is 24.3. The number of hydrogen-bond acceptors (Lipinski definition) is 7. The summed E-state index contributed by atoms with van der Waals surface area (Å²) >= 11 is 0. The van der Waals surface area contributed by atoms with Gasteiger partial charge in [-0.1, -0.05) is 12.1 Å². The second-order valence-corrected chi connectivity index (χ2v) is 6.13. The Morgan fingerprint density at radius 2 is 1.67 bits per heavy atom. The average Bonchev–Trinajstić information content (AvgIpc) is 2.79. The maximum Gasteiger partial charge on any atom is 0.283 e. The van der Waals surface area contributed by atoms with Crippen LogP contribution in [-0.4, -0.2) is 45.9 Å². The highest BCUT2D eigenvalue weighted by molar-refractivity contribution is 5.93. The molecule has 158 valence electrons. The molecule has 0 unspecified atom stereocenters. The van der Waals surface area contributed by atoms with Crippen molar-refractivity contribution >= 4 is 17.9 Å². The molecule has 0 aromatic heterocycles. The number of para-hydroxylation sites is 2. The SMILES string of the molecule is COc1cc(/C=C/C(=O)NNC(=O)[C@H]2COc3ccccc3O2)cc(OC)c1OC. The van der Waals surface area contributed by atoms with Crippen molar-refractivity contribution in [1.29, 1.82) is 0 Å². The van der Waals surface area contributed by atoms with Crippen LogP contribution >= 0.6 is 0 Å². The van der Waals surface area contributed by atoms with Gasteiger partial charge in [0.05, 0.1) is 21.3 Å². The van der Waals surface area contributed by atoms with Gasteiger partial charge in [0.2, 0.25) is 11.9 Å². The van der Waals surface area contributed by atoms with Crippen molar-refractivity contribution in [3.8, 4) is 28.7 Å².